The number of benzene rings is 2. The number of primary amides is 1. The van der Waals surface area contributed by atoms with Gasteiger partial charge in [0.1, 0.15) is 11.4 Å². The summed E-state index contributed by atoms with van der Waals surface area (Å²) in [5, 5.41) is 9.56. The van der Waals surface area contributed by atoms with Gasteiger partial charge >= 0.3 is 0 Å². The molecule has 2 aromatic rings. The maximum absolute atomic E-state index is 11.2. The second-order valence-electron chi connectivity index (χ2n) is 3.70. The Kier molecular flexibility index (Phi) is 3.38. The summed E-state index contributed by atoms with van der Waals surface area (Å²) in [6.07, 6.45) is 1.51. The van der Waals surface area contributed by atoms with Gasteiger partial charge in [0, 0.05) is 17.3 Å². The number of nitrogens with zero attached hydrogens (tertiary/aromatic N) is 1. The molecule has 0 heterocycles. The van der Waals surface area contributed by atoms with Crippen molar-refractivity contribution in [1.29, 1.82) is 0 Å². The van der Waals surface area contributed by atoms with Crippen LogP contribution >= 0.6 is 0 Å². The summed E-state index contributed by atoms with van der Waals surface area (Å²) in [4.78, 5) is 15.3. The largest absolute Gasteiger partial charge is 0.506 e. The van der Waals surface area contributed by atoms with Crippen LogP contribution in [-0.2, 0) is 0 Å². The quantitative estimate of drug-likeness (QED) is 0.807. The molecule has 0 unspecified atom stereocenters. The second-order valence-corrected chi connectivity index (χ2v) is 3.70. The molecule has 0 saturated carbocycles. The summed E-state index contributed by atoms with van der Waals surface area (Å²) in [7, 11) is 0. The van der Waals surface area contributed by atoms with E-state index in [1.165, 1.54) is 6.21 Å². The summed E-state index contributed by atoms with van der Waals surface area (Å²) in [5.74, 6) is -0.417. The fourth-order valence-electron chi connectivity index (χ4n) is 1.55. The third-order valence-electron chi connectivity index (χ3n) is 2.45. The molecule has 0 fully saturated rings. The maximum atomic E-state index is 11.2. The number of aliphatic imine (C=N–C) groups is 1. The lowest BCUT2D eigenvalue weighted by Gasteiger charge is -2.01. The number of rotatable bonds is 3. The number of phenols is 1. The first-order valence-corrected chi connectivity index (χ1v) is 5.39. The van der Waals surface area contributed by atoms with E-state index in [1.807, 2.05) is 0 Å². The fraction of sp³-hybridized carbons (Fsp3) is 0. The van der Waals surface area contributed by atoms with Crippen molar-refractivity contribution < 1.29 is 9.90 Å². The third kappa shape index (κ3) is 2.55. The van der Waals surface area contributed by atoms with Gasteiger partial charge in [0.05, 0.1) is 0 Å². The molecule has 90 valence electrons. The van der Waals surface area contributed by atoms with Crippen LogP contribution in [0.25, 0.3) is 0 Å². The van der Waals surface area contributed by atoms with Gasteiger partial charge in [-0.2, -0.15) is 0 Å². The first-order chi connectivity index (χ1) is 8.68. The Morgan fingerprint density at radius 1 is 1.11 bits per heavy atom. The van der Waals surface area contributed by atoms with E-state index in [0.29, 0.717) is 16.8 Å². The van der Waals surface area contributed by atoms with Crippen molar-refractivity contribution in [3.63, 3.8) is 0 Å². The predicted octanol–water partition coefficient (Wildman–Crippen LogP) is 2.24. The monoisotopic (exact) mass is 240 g/mol. The van der Waals surface area contributed by atoms with E-state index in [4.69, 9.17) is 5.73 Å². The van der Waals surface area contributed by atoms with Crippen LogP contribution < -0.4 is 5.73 Å². The Morgan fingerprint density at radius 2 is 1.78 bits per heavy atom. The number of amides is 1. The van der Waals surface area contributed by atoms with Gasteiger partial charge in [-0.05, 0) is 18.2 Å². The number of hydrogen-bond acceptors (Lipinski definition) is 3. The first-order valence-electron chi connectivity index (χ1n) is 5.39. The number of para-hydroxylation sites is 2. The van der Waals surface area contributed by atoms with Crippen LogP contribution in [0.5, 0.6) is 5.75 Å². The van der Waals surface area contributed by atoms with Gasteiger partial charge in [-0.3, -0.25) is 9.79 Å². The summed E-state index contributed by atoms with van der Waals surface area (Å²) < 4.78 is 0. The minimum Gasteiger partial charge on any atom is -0.506 e. The molecule has 0 radical (unpaired) electrons. The molecule has 0 aliphatic carbocycles. The molecule has 1 amide bonds. The zero-order valence-corrected chi connectivity index (χ0v) is 9.58. The Bertz CT molecular complexity index is 606. The summed E-state index contributed by atoms with van der Waals surface area (Å²) in [6.45, 7) is 0. The number of hydrogen-bond donors (Lipinski definition) is 2. The standard InChI is InChI=1S/C14H12N2O2/c15-14(18)11-6-2-1-5-10(11)9-16-12-7-3-4-8-13(12)17/h1-9,17H,(H2,15,18). The minimum atomic E-state index is -0.505. The number of carbonyl (C=O) groups excluding carboxylic acids is 1. The highest BCUT2D eigenvalue weighted by Gasteiger charge is 2.04. The van der Waals surface area contributed by atoms with Crippen molar-refractivity contribution in [2.45, 2.75) is 0 Å². The normalized spacial score (nSPS) is 10.7. The van der Waals surface area contributed by atoms with Crippen molar-refractivity contribution in [3.05, 3.63) is 59.7 Å². The van der Waals surface area contributed by atoms with Crippen molar-refractivity contribution in [2.24, 2.45) is 10.7 Å². The van der Waals surface area contributed by atoms with E-state index in [-0.39, 0.29) is 5.75 Å². The molecule has 18 heavy (non-hydrogen) atoms. The molecule has 0 spiro atoms. The molecule has 3 N–H and O–H groups in total. The molecule has 0 saturated heterocycles. The van der Waals surface area contributed by atoms with Crippen LogP contribution in [-0.4, -0.2) is 17.2 Å². The molecule has 4 heteroatoms. The number of carbonyl (C=O) groups is 1. The lowest BCUT2D eigenvalue weighted by molar-refractivity contribution is 0.1000. The predicted molar refractivity (Wildman–Crippen MR) is 70.3 cm³/mol. The highest BCUT2D eigenvalue weighted by molar-refractivity contribution is 6.01. The Labute approximate surface area is 104 Å². The summed E-state index contributed by atoms with van der Waals surface area (Å²) in [6, 6.07) is 13.6. The summed E-state index contributed by atoms with van der Waals surface area (Å²) >= 11 is 0. The molecular weight excluding hydrogens is 228 g/mol. The van der Waals surface area contributed by atoms with Gasteiger partial charge in [0.2, 0.25) is 5.91 Å². The Hall–Kier alpha value is -2.62. The van der Waals surface area contributed by atoms with E-state index in [2.05, 4.69) is 4.99 Å². The smallest absolute Gasteiger partial charge is 0.249 e. The van der Waals surface area contributed by atoms with Gasteiger partial charge in [-0.1, -0.05) is 30.3 Å². The van der Waals surface area contributed by atoms with Gasteiger partial charge in [-0.25, -0.2) is 0 Å². The average molecular weight is 240 g/mol. The number of nitrogens with two attached hydrogens (primary N) is 1. The van der Waals surface area contributed by atoms with Crippen LogP contribution in [0.4, 0.5) is 5.69 Å². The van der Waals surface area contributed by atoms with Crippen molar-refractivity contribution in [1.82, 2.24) is 0 Å². The highest BCUT2D eigenvalue weighted by atomic mass is 16.3. The molecule has 0 aliphatic heterocycles. The topological polar surface area (TPSA) is 75.7 Å². The fourth-order valence-corrected chi connectivity index (χ4v) is 1.55. The Balaban J connectivity index is 2.35. The summed E-state index contributed by atoms with van der Waals surface area (Å²) in [5.41, 5.74) is 6.72. The van der Waals surface area contributed by atoms with Crippen molar-refractivity contribution in [2.75, 3.05) is 0 Å². The number of aromatic hydroxyl groups is 1. The minimum absolute atomic E-state index is 0.0882. The van der Waals surface area contributed by atoms with Crippen molar-refractivity contribution in [3.8, 4) is 5.75 Å². The molecular formula is C14H12N2O2. The van der Waals surface area contributed by atoms with Crippen LogP contribution in [0.1, 0.15) is 15.9 Å². The molecule has 0 aromatic heterocycles. The van der Waals surface area contributed by atoms with Crippen LogP contribution in [0, 0.1) is 0 Å². The van der Waals surface area contributed by atoms with Gasteiger partial charge in [0.15, 0.2) is 0 Å². The lowest BCUT2D eigenvalue weighted by atomic mass is 10.1. The van der Waals surface area contributed by atoms with Gasteiger partial charge < -0.3 is 10.8 Å². The zero-order valence-electron chi connectivity index (χ0n) is 9.58. The molecule has 0 aliphatic rings. The van der Waals surface area contributed by atoms with E-state index >= 15 is 0 Å². The van der Waals surface area contributed by atoms with Crippen LogP contribution in [0.15, 0.2) is 53.5 Å². The average Bonchev–Trinajstić information content (AvgIpc) is 2.38. The lowest BCUT2D eigenvalue weighted by Crippen LogP contribution is -2.13. The van der Waals surface area contributed by atoms with E-state index in [1.54, 1.807) is 48.5 Å². The third-order valence-corrected chi connectivity index (χ3v) is 2.45. The number of phenolic OH excluding ortho intramolecular Hbond substituents is 1. The van der Waals surface area contributed by atoms with Gasteiger partial charge in [-0.15, -0.1) is 0 Å². The second kappa shape index (κ2) is 5.14. The van der Waals surface area contributed by atoms with Crippen LogP contribution in [0.2, 0.25) is 0 Å². The highest BCUT2D eigenvalue weighted by Crippen LogP contribution is 2.24. The molecule has 0 atom stereocenters. The molecule has 2 aromatic carbocycles. The molecule has 0 bridgehead atoms. The molecule has 4 nitrogen and oxygen atoms in total. The molecule has 2 rings (SSSR count). The zero-order chi connectivity index (χ0) is 13.0. The SMILES string of the molecule is NC(=O)c1ccccc1C=Nc1ccccc1O. The Morgan fingerprint density at radius 3 is 2.50 bits per heavy atom. The van der Waals surface area contributed by atoms with Crippen LogP contribution in [0.3, 0.4) is 0 Å². The van der Waals surface area contributed by atoms with Crippen molar-refractivity contribution >= 4 is 17.8 Å². The van der Waals surface area contributed by atoms with E-state index < -0.39 is 5.91 Å². The van der Waals surface area contributed by atoms with E-state index in [9.17, 15) is 9.90 Å². The maximum Gasteiger partial charge on any atom is 0.249 e. The van der Waals surface area contributed by atoms with Gasteiger partial charge in [0.25, 0.3) is 0 Å². The van der Waals surface area contributed by atoms with E-state index in [0.717, 1.165) is 0 Å². The first kappa shape index (κ1) is 11.9.